The zero-order valence-corrected chi connectivity index (χ0v) is 9.58. The minimum Gasteiger partial charge on any atom is -0.454 e. The minimum atomic E-state index is 0.346. The summed E-state index contributed by atoms with van der Waals surface area (Å²) in [5.41, 5.74) is 1.28. The van der Waals surface area contributed by atoms with Crippen molar-refractivity contribution in [3.63, 3.8) is 0 Å². The van der Waals surface area contributed by atoms with Crippen molar-refractivity contribution in [2.24, 2.45) is 0 Å². The van der Waals surface area contributed by atoms with E-state index in [1.807, 2.05) is 13.1 Å². The number of rotatable bonds is 6. The Bertz CT molecular complexity index is 342. The van der Waals surface area contributed by atoms with Crippen LogP contribution in [0, 0.1) is 0 Å². The lowest BCUT2D eigenvalue weighted by molar-refractivity contribution is 0.174. The second-order valence-corrected chi connectivity index (χ2v) is 3.79. The van der Waals surface area contributed by atoms with Crippen molar-refractivity contribution in [2.45, 2.75) is 6.42 Å². The van der Waals surface area contributed by atoms with Gasteiger partial charge < -0.3 is 20.1 Å². The van der Waals surface area contributed by atoms with E-state index in [0.29, 0.717) is 6.79 Å². The monoisotopic (exact) mass is 222 g/mol. The Morgan fingerprint density at radius 3 is 2.88 bits per heavy atom. The summed E-state index contributed by atoms with van der Waals surface area (Å²) in [6, 6.07) is 6.13. The minimum absolute atomic E-state index is 0.346. The standard InChI is InChI=1S/C12H18N2O2/c1-13-6-7-14-5-4-10-2-3-11-12(8-10)16-9-15-11/h2-3,8,13-14H,4-7,9H2,1H3. The second kappa shape index (κ2) is 5.72. The highest BCUT2D eigenvalue weighted by Crippen LogP contribution is 2.32. The molecule has 0 atom stereocenters. The van der Waals surface area contributed by atoms with Gasteiger partial charge in [0, 0.05) is 13.1 Å². The van der Waals surface area contributed by atoms with Crippen LogP contribution in [0.25, 0.3) is 0 Å². The van der Waals surface area contributed by atoms with Crippen LogP contribution in [0.5, 0.6) is 11.5 Å². The summed E-state index contributed by atoms with van der Waals surface area (Å²) in [5, 5.41) is 6.47. The number of fused-ring (bicyclic) bond motifs is 1. The first-order valence-corrected chi connectivity index (χ1v) is 5.64. The first kappa shape index (κ1) is 11.2. The van der Waals surface area contributed by atoms with Crippen molar-refractivity contribution in [2.75, 3.05) is 33.5 Å². The van der Waals surface area contributed by atoms with Crippen molar-refractivity contribution >= 4 is 0 Å². The van der Waals surface area contributed by atoms with Gasteiger partial charge in [0.15, 0.2) is 11.5 Å². The summed E-state index contributed by atoms with van der Waals surface area (Å²) in [6.07, 6.45) is 1.01. The molecule has 88 valence electrons. The molecule has 0 saturated heterocycles. The van der Waals surface area contributed by atoms with Gasteiger partial charge in [-0.15, -0.1) is 0 Å². The summed E-state index contributed by atoms with van der Waals surface area (Å²) >= 11 is 0. The Morgan fingerprint density at radius 2 is 2.00 bits per heavy atom. The SMILES string of the molecule is CNCCNCCc1ccc2c(c1)OCO2. The van der Waals surface area contributed by atoms with Crippen LogP contribution in [-0.2, 0) is 6.42 Å². The molecule has 16 heavy (non-hydrogen) atoms. The van der Waals surface area contributed by atoms with Gasteiger partial charge in [0.1, 0.15) is 0 Å². The Labute approximate surface area is 95.9 Å². The maximum absolute atomic E-state index is 5.33. The zero-order valence-electron chi connectivity index (χ0n) is 9.58. The molecule has 4 nitrogen and oxygen atoms in total. The Hall–Kier alpha value is -1.26. The molecular weight excluding hydrogens is 204 g/mol. The normalized spacial score (nSPS) is 13.1. The van der Waals surface area contributed by atoms with E-state index in [0.717, 1.165) is 37.6 Å². The first-order valence-electron chi connectivity index (χ1n) is 5.64. The molecule has 2 rings (SSSR count). The summed E-state index contributed by atoms with van der Waals surface area (Å²) in [7, 11) is 1.96. The van der Waals surface area contributed by atoms with Gasteiger partial charge in [-0.2, -0.15) is 0 Å². The van der Waals surface area contributed by atoms with Gasteiger partial charge in [0.2, 0.25) is 6.79 Å². The maximum atomic E-state index is 5.33. The third kappa shape index (κ3) is 2.87. The Balaban J connectivity index is 1.77. The molecule has 0 aliphatic carbocycles. The molecule has 0 aromatic heterocycles. The zero-order chi connectivity index (χ0) is 11.2. The number of hydrogen-bond acceptors (Lipinski definition) is 4. The molecule has 1 aromatic rings. The van der Waals surface area contributed by atoms with E-state index in [4.69, 9.17) is 9.47 Å². The van der Waals surface area contributed by atoms with Crippen LogP contribution in [0.3, 0.4) is 0 Å². The lowest BCUT2D eigenvalue weighted by atomic mass is 10.1. The Kier molecular flexibility index (Phi) is 4.02. The number of hydrogen-bond donors (Lipinski definition) is 2. The molecule has 1 aliphatic heterocycles. The molecule has 1 aliphatic rings. The maximum Gasteiger partial charge on any atom is 0.231 e. The van der Waals surface area contributed by atoms with Crippen molar-refractivity contribution in [1.82, 2.24) is 10.6 Å². The molecule has 4 heteroatoms. The van der Waals surface area contributed by atoms with Crippen LogP contribution in [0.2, 0.25) is 0 Å². The van der Waals surface area contributed by atoms with Gasteiger partial charge in [-0.1, -0.05) is 6.07 Å². The van der Waals surface area contributed by atoms with Gasteiger partial charge in [-0.25, -0.2) is 0 Å². The van der Waals surface area contributed by atoms with E-state index >= 15 is 0 Å². The molecule has 1 heterocycles. The third-order valence-electron chi connectivity index (χ3n) is 2.58. The molecule has 0 spiro atoms. The van der Waals surface area contributed by atoms with Crippen LogP contribution in [0.4, 0.5) is 0 Å². The number of benzene rings is 1. The van der Waals surface area contributed by atoms with Crippen LogP contribution < -0.4 is 20.1 Å². The van der Waals surface area contributed by atoms with Crippen molar-refractivity contribution in [1.29, 1.82) is 0 Å². The summed E-state index contributed by atoms with van der Waals surface area (Å²) in [4.78, 5) is 0. The van der Waals surface area contributed by atoms with Gasteiger partial charge in [0.05, 0.1) is 0 Å². The topological polar surface area (TPSA) is 42.5 Å². The van der Waals surface area contributed by atoms with Crippen LogP contribution in [0.1, 0.15) is 5.56 Å². The molecule has 0 amide bonds. The van der Waals surface area contributed by atoms with Crippen LogP contribution in [0.15, 0.2) is 18.2 Å². The van der Waals surface area contributed by atoms with Gasteiger partial charge in [-0.05, 0) is 37.7 Å². The quantitative estimate of drug-likeness (QED) is 0.698. The molecule has 0 fully saturated rings. The molecule has 0 bridgehead atoms. The predicted octanol–water partition coefficient (Wildman–Crippen LogP) is 0.767. The highest BCUT2D eigenvalue weighted by atomic mass is 16.7. The van der Waals surface area contributed by atoms with Crippen LogP contribution >= 0.6 is 0 Å². The van der Waals surface area contributed by atoms with E-state index in [1.165, 1.54) is 5.56 Å². The van der Waals surface area contributed by atoms with Gasteiger partial charge in [-0.3, -0.25) is 0 Å². The number of nitrogens with one attached hydrogen (secondary N) is 2. The third-order valence-corrected chi connectivity index (χ3v) is 2.58. The average molecular weight is 222 g/mol. The molecule has 2 N–H and O–H groups in total. The van der Waals surface area contributed by atoms with E-state index < -0.39 is 0 Å². The van der Waals surface area contributed by atoms with Crippen molar-refractivity contribution in [3.05, 3.63) is 23.8 Å². The fraction of sp³-hybridized carbons (Fsp3) is 0.500. The molecule has 0 unspecified atom stereocenters. The fourth-order valence-electron chi connectivity index (χ4n) is 1.67. The largest absolute Gasteiger partial charge is 0.454 e. The predicted molar refractivity (Wildman–Crippen MR) is 63.1 cm³/mol. The first-order chi connectivity index (χ1) is 7.90. The smallest absolute Gasteiger partial charge is 0.231 e. The number of ether oxygens (including phenoxy) is 2. The van der Waals surface area contributed by atoms with E-state index in [1.54, 1.807) is 0 Å². The summed E-state index contributed by atoms with van der Waals surface area (Å²) in [6.45, 7) is 3.34. The molecule has 0 radical (unpaired) electrons. The molecule has 0 saturated carbocycles. The lowest BCUT2D eigenvalue weighted by Gasteiger charge is -2.05. The van der Waals surface area contributed by atoms with Crippen LogP contribution in [-0.4, -0.2) is 33.5 Å². The van der Waals surface area contributed by atoms with E-state index in [-0.39, 0.29) is 0 Å². The van der Waals surface area contributed by atoms with Crippen molar-refractivity contribution in [3.8, 4) is 11.5 Å². The van der Waals surface area contributed by atoms with Gasteiger partial charge >= 0.3 is 0 Å². The lowest BCUT2D eigenvalue weighted by Crippen LogP contribution is -2.26. The number of likely N-dealkylation sites (N-methyl/N-ethyl adjacent to an activating group) is 1. The van der Waals surface area contributed by atoms with E-state index in [2.05, 4.69) is 22.8 Å². The molecular formula is C12H18N2O2. The van der Waals surface area contributed by atoms with Gasteiger partial charge in [0.25, 0.3) is 0 Å². The summed E-state index contributed by atoms with van der Waals surface area (Å²) < 4.78 is 10.6. The summed E-state index contributed by atoms with van der Waals surface area (Å²) in [5.74, 6) is 1.72. The highest BCUT2D eigenvalue weighted by Gasteiger charge is 2.12. The van der Waals surface area contributed by atoms with Crippen molar-refractivity contribution < 1.29 is 9.47 Å². The highest BCUT2D eigenvalue weighted by molar-refractivity contribution is 5.44. The fourth-order valence-corrected chi connectivity index (χ4v) is 1.67. The second-order valence-electron chi connectivity index (χ2n) is 3.79. The van der Waals surface area contributed by atoms with E-state index in [9.17, 15) is 0 Å². The molecule has 1 aromatic carbocycles. The average Bonchev–Trinajstić information content (AvgIpc) is 2.76. The Morgan fingerprint density at radius 1 is 1.12 bits per heavy atom.